The molecule has 0 saturated carbocycles. The fourth-order valence-corrected chi connectivity index (χ4v) is 4.99. The number of aryl methyl sites for hydroxylation is 2. The number of carbonyl (C=O) groups is 3. The third-order valence-electron chi connectivity index (χ3n) is 6.51. The molecule has 3 aromatic rings. The summed E-state index contributed by atoms with van der Waals surface area (Å²) in [5.74, 6) is -0.0379. The zero-order valence-electron chi connectivity index (χ0n) is 21.2. The minimum atomic E-state index is -0.356. The summed E-state index contributed by atoms with van der Waals surface area (Å²) >= 11 is 0. The Bertz CT molecular complexity index is 1240. The second kappa shape index (κ2) is 13.0. The Labute approximate surface area is 220 Å². The Morgan fingerprint density at radius 2 is 1.51 bits per heavy atom. The first-order chi connectivity index (χ1) is 18.0. The highest BCUT2D eigenvalue weighted by molar-refractivity contribution is 6.51. The molecule has 1 N–H and O–H groups in total. The van der Waals surface area contributed by atoms with Crippen LogP contribution in [0.1, 0.15) is 42.4 Å². The molecule has 6 nitrogen and oxygen atoms in total. The van der Waals surface area contributed by atoms with Gasteiger partial charge in [-0.15, -0.1) is 0 Å². The van der Waals surface area contributed by atoms with Crippen LogP contribution in [0.15, 0.2) is 72.8 Å². The predicted octanol–water partition coefficient (Wildman–Crippen LogP) is 3.98. The lowest BCUT2D eigenvalue weighted by molar-refractivity contribution is -0.134. The molecule has 0 aliphatic carbocycles. The molecule has 3 aromatic carbocycles. The summed E-state index contributed by atoms with van der Waals surface area (Å²) in [5.41, 5.74) is 4.52. The van der Waals surface area contributed by atoms with Crippen LogP contribution in [0.25, 0.3) is 0 Å². The molecule has 1 aliphatic heterocycles. The highest BCUT2D eigenvalue weighted by atomic mass is 28.2. The van der Waals surface area contributed by atoms with Gasteiger partial charge in [0, 0.05) is 31.5 Å². The van der Waals surface area contributed by atoms with Crippen LogP contribution in [-0.4, -0.2) is 33.8 Å². The summed E-state index contributed by atoms with van der Waals surface area (Å²) in [6.07, 6.45) is 2.79. The monoisotopic (exact) mass is 512 g/mol. The molecular formula is C30H32N2O4Si+. The van der Waals surface area contributed by atoms with E-state index in [0.717, 1.165) is 29.7 Å². The van der Waals surface area contributed by atoms with E-state index in [2.05, 4.69) is 30.1 Å². The predicted molar refractivity (Wildman–Crippen MR) is 146 cm³/mol. The second-order valence-electron chi connectivity index (χ2n) is 9.08. The molecule has 37 heavy (non-hydrogen) atoms. The highest BCUT2D eigenvalue weighted by Gasteiger charge is 2.22. The average Bonchev–Trinajstić information content (AvgIpc) is 2.90. The van der Waals surface area contributed by atoms with E-state index in [-0.39, 0.29) is 43.6 Å². The van der Waals surface area contributed by atoms with Gasteiger partial charge in [-0.05, 0) is 66.3 Å². The smallest absolute Gasteiger partial charge is 0.427 e. The lowest BCUT2D eigenvalue weighted by Gasteiger charge is -2.29. The zero-order valence-corrected chi connectivity index (χ0v) is 22.2. The third kappa shape index (κ3) is 7.39. The zero-order chi connectivity index (χ0) is 26.0. The number of fused-ring (bicyclic) bond motifs is 2. The van der Waals surface area contributed by atoms with Crippen molar-refractivity contribution in [2.24, 2.45) is 0 Å². The van der Waals surface area contributed by atoms with Crippen LogP contribution in [-0.2, 0) is 33.8 Å². The normalized spacial score (nSPS) is 12.4. The van der Waals surface area contributed by atoms with Gasteiger partial charge in [-0.1, -0.05) is 42.5 Å². The molecule has 0 aromatic heterocycles. The van der Waals surface area contributed by atoms with Crippen molar-refractivity contribution < 1.29 is 19.1 Å². The van der Waals surface area contributed by atoms with Crippen LogP contribution in [0.5, 0.6) is 5.75 Å². The van der Waals surface area contributed by atoms with Gasteiger partial charge in [0.05, 0.1) is 13.1 Å². The number of benzene rings is 3. The standard InChI is InChI=1S/C30H32N2O4Si/c1-37-26-17-15-25(16-18-26)36-30(35)12-6-11-28(33)31-20-19-29(34)32-21-24-9-3-2-7-22(24)13-14-23-8-4-5-10-27(23)32/h2-5,7-10,15-18H,6,11-14,19-21H2,1H3,(H,31,33)/q+1. The van der Waals surface area contributed by atoms with E-state index in [1.165, 1.54) is 10.8 Å². The molecule has 2 amide bonds. The number of nitrogens with zero attached hydrogens (tertiary/aromatic N) is 1. The molecule has 4 rings (SSSR count). The van der Waals surface area contributed by atoms with Crippen LogP contribution in [0, 0.1) is 0 Å². The van der Waals surface area contributed by atoms with Crippen molar-refractivity contribution in [3.05, 3.63) is 89.5 Å². The molecule has 0 unspecified atom stereocenters. The fraction of sp³-hybridized carbons (Fsp3) is 0.300. The van der Waals surface area contributed by atoms with Gasteiger partial charge in [0.15, 0.2) is 0 Å². The fourth-order valence-electron chi connectivity index (χ4n) is 4.49. The van der Waals surface area contributed by atoms with E-state index in [0.29, 0.717) is 28.2 Å². The maximum Gasteiger partial charge on any atom is 0.520 e. The largest absolute Gasteiger partial charge is 0.520 e. The minimum absolute atomic E-state index is 0.0253. The molecule has 0 fully saturated rings. The number of amides is 2. The lowest BCUT2D eigenvalue weighted by Crippen LogP contribution is -2.35. The third-order valence-corrected chi connectivity index (χ3v) is 7.43. The summed E-state index contributed by atoms with van der Waals surface area (Å²) in [5, 5.41) is 4.03. The van der Waals surface area contributed by atoms with Gasteiger partial charge < -0.3 is 15.0 Å². The first-order valence-corrected chi connectivity index (χ1v) is 14.2. The van der Waals surface area contributed by atoms with Crippen LogP contribution in [0.2, 0.25) is 6.55 Å². The van der Waals surface area contributed by atoms with E-state index in [1.807, 2.05) is 47.4 Å². The Balaban J connectivity index is 1.23. The number of nitrogens with one attached hydrogen (secondary N) is 1. The molecule has 1 aliphatic rings. The number of rotatable bonds is 9. The number of carbonyl (C=O) groups excluding carboxylic acids is 3. The van der Waals surface area contributed by atoms with Crippen molar-refractivity contribution in [1.29, 1.82) is 0 Å². The molecule has 1 heterocycles. The summed E-state index contributed by atoms with van der Waals surface area (Å²) in [6, 6.07) is 23.8. The van der Waals surface area contributed by atoms with Gasteiger partial charge >= 0.3 is 15.5 Å². The van der Waals surface area contributed by atoms with Gasteiger partial charge in [0.1, 0.15) is 10.9 Å². The number of hydrogen-bond acceptors (Lipinski definition) is 4. The van der Waals surface area contributed by atoms with Gasteiger partial charge in [-0.3, -0.25) is 14.4 Å². The Kier molecular flexibility index (Phi) is 9.27. The minimum Gasteiger partial charge on any atom is -0.427 e. The van der Waals surface area contributed by atoms with E-state index < -0.39 is 0 Å². The molecule has 0 atom stereocenters. The number of esters is 1. The maximum atomic E-state index is 13.2. The van der Waals surface area contributed by atoms with E-state index >= 15 is 0 Å². The van der Waals surface area contributed by atoms with Crippen molar-refractivity contribution in [3.8, 4) is 5.75 Å². The Hall–Kier alpha value is -3.71. The van der Waals surface area contributed by atoms with Crippen LogP contribution in [0.3, 0.4) is 0 Å². The molecule has 0 spiro atoms. The molecule has 1 radical (unpaired) electrons. The van der Waals surface area contributed by atoms with Crippen LogP contribution in [0.4, 0.5) is 5.69 Å². The number of ether oxygens (including phenoxy) is 1. The SMILES string of the molecule is C[Si+]c1ccc(OC(=O)CCCC(=O)NCCC(=O)N2Cc3ccccc3CCc3ccccc32)cc1. The van der Waals surface area contributed by atoms with Gasteiger partial charge in [-0.2, -0.15) is 0 Å². The van der Waals surface area contributed by atoms with Crippen molar-refractivity contribution in [2.45, 2.75) is 51.6 Å². The number of para-hydroxylation sites is 1. The first-order valence-electron chi connectivity index (χ1n) is 12.7. The highest BCUT2D eigenvalue weighted by Crippen LogP contribution is 2.28. The van der Waals surface area contributed by atoms with Crippen molar-refractivity contribution in [3.63, 3.8) is 0 Å². The average molecular weight is 513 g/mol. The van der Waals surface area contributed by atoms with Crippen LogP contribution >= 0.6 is 0 Å². The molecule has 0 saturated heterocycles. The van der Waals surface area contributed by atoms with E-state index in [9.17, 15) is 14.4 Å². The second-order valence-corrected chi connectivity index (χ2v) is 10.2. The summed E-state index contributed by atoms with van der Waals surface area (Å²) < 4.78 is 5.33. The summed E-state index contributed by atoms with van der Waals surface area (Å²) in [6.45, 7) is 2.87. The molecule has 189 valence electrons. The Morgan fingerprint density at radius 3 is 2.27 bits per heavy atom. The lowest BCUT2D eigenvalue weighted by atomic mass is 9.95. The van der Waals surface area contributed by atoms with Gasteiger partial charge in [0.25, 0.3) is 0 Å². The molecule has 7 heteroatoms. The number of anilines is 1. The summed E-state index contributed by atoms with van der Waals surface area (Å²) in [7, 11) is 0.694. The quantitative estimate of drug-likeness (QED) is 0.267. The molecule has 0 bridgehead atoms. The number of hydrogen-bond donors (Lipinski definition) is 1. The maximum absolute atomic E-state index is 13.2. The van der Waals surface area contributed by atoms with E-state index in [4.69, 9.17) is 4.74 Å². The van der Waals surface area contributed by atoms with Crippen LogP contribution < -0.4 is 20.1 Å². The van der Waals surface area contributed by atoms with Crippen molar-refractivity contribution in [2.75, 3.05) is 11.4 Å². The Morgan fingerprint density at radius 1 is 0.838 bits per heavy atom. The van der Waals surface area contributed by atoms with E-state index in [1.54, 1.807) is 12.1 Å². The molecular weight excluding hydrogens is 480 g/mol. The van der Waals surface area contributed by atoms with Gasteiger partial charge in [0.2, 0.25) is 11.8 Å². The van der Waals surface area contributed by atoms with Crippen molar-refractivity contribution in [1.82, 2.24) is 5.32 Å². The van der Waals surface area contributed by atoms with Gasteiger partial charge in [-0.25, -0.2) is 0 Å². The summed E-state index contributed by atoms with van der Waals surface area (Å²) in [4.78, 5) is 39.4. The first kappa shape index (κ1) is 26.4. The topological polar surface area (TPSA) is 75.7 Å². The van der Waals surface area contributed by atoms with Crippen molar-refractivity contribution >= 4 is 38.2 Å².